The number of fused-ring (bicyclic) bond motifs is 1. The van der Waals surface area contributed by atoms with Gasteiger partial charge in [-0.05, 0) is 35.0 Å². The molecule has 5 heteroatoms. The molecule has 0 spiro atoms. The summed E-state index contributed by atoms with van der Waals surface area (Å²) in [4.78, 5) is 10.9. The summed E-state index contributed by atoms with van der Waals surface area (Å²) in [6.45, 7) is 5.21. The number of rotatable bonds is 8. The molecule has 1 aliphatic rings. The Morgan fingerprint density at radius 3 is 2.39 bits per heavy atom. The van der Waals surface area contributed by atoms with Crippen molar-refractivity contribution in [3.8, 4) is 11.5 Å². The monoisotopic (exact) mass is 314 g/mol. The summed E-state index contributed by atoms with van der Waals surface area (Å²) in [5.41, 5.74) is 0. The van der Waals surface area contributed by atoms with Crippen molar-refractivity contribution in [2.75, 3.05) is 26.4 Å². The number of hydrogen-bond donors (Lipinski definition) is 0. The highest BCUT2D eigenvalue weighted by Crippen LogP contribution is 2.25. The lowest BCUT2D eigenvalue weighted by atomic mass is 10.1. The van der Waals surface area contributed by atoms with Crippen molar-refractivity contribution >= 4 is 16.7 Å². The first-order valence-electron chi connectivity index (χ1n) is 7.45. The molecule has 1 atom stereocenters. The Balaban J connectivity index is 1.56. The number of hydrogen-bond acceptors (Lipinski definition) is 5. The lowest BCUT2D eigenvalue weighted by Gasteiger charge is -2.09. The largest absolute Gasteiger partial charge is 0.491 e. The summed E-state index contributed by atoms with van der Waals surface area (Å²) in [7, 11) is 0. The summed E-state index contributed by atoms with van der Waals surface area (Å²) in [5, 5.41) is 2.13. The van der Waals surface area contributed by atoms with Gasteiger partial charge in [0.2, 0.25) is 0 Å². The first-order valence-corrected chi connectivity index (χ1v) is 7.45. The van der Waals surface area contributed by atoms with Crippen LogP contribution in [0.4, 0.5) is 0 Å². The van der Waals surface area contributed by atoms with E-state index in [0.717, 1.165) is 35.0 Å². The molecule has 0 bridgehead atoms. The van der Waals surface area contributed by atoms with Crippen molar-refractivity contribution in [1.82, 2.24) is 0 Å². The third kappa shape index (κ3) is 4.47. The van der Waals surface area contributed by atoms with Crippen LogP contribution in [0, 0.1) is 0 Å². The molecule has 2 aromatic rings. The van der Waals surface area contributed by atoms with Crippen molar-refractivity contribution in [2.24, 2.45) is 0 Å². The summed E-state index contributed by atoms with van der Waals surface area (Å²) in [6.07, 6.45) is 1.38. The molecule has 1 heterocycles. The van der Waals surface area contributed by atoms with Crippen LogP contribution in [0.3, 0.4) is 0 Å². The molecular weight excluding hydrogens is 296 g/mol. The van der Waals surface area contributed by atoms with Gasteiger partial charge in [-0.3, -0.25) is 0 Å². The Kier molecular flexibility index (Phi) is 4.78. The van der Waals surface area contributed by atoms with Gasteiger partial charge in [0.25, 0.3) is 0 Å². The fourth-order valence-corrected chi connectivity index (χ4v) is 2.10. The van der Waals surface area contributed by atoms with Crippen LogP contribution in [0.1, 0.15) is 0 Å². The molecule has 0 amide bonds. The number of epoxide rings is 1. The van der Waals surface area contributed by atoms with Gasteiger partial charge in [0, 0.05) is 6.08 Å². The van der Waals surface area contributed by atoms with E-state index in [9.17, 15) is 4.79 Å². The first-order chi connectivity index (χ1) is 11.2. The maximum Gasteiger partial charge on any atom is 0.330 e. The minimum absolute atomic E-state index is 0.193. The molecule has 0 aliphatic carbocycles. The van der Waals surface area contributed by atoms with Gasteiger partial charge in [-0.2, -0.15) is 0 Å². The second kappa shape index (κ2) is 7.15. The fourth-order valence-electron chi connectivity index (χ4n) is 2.10. The second-order valence-corrected chi connectivity index (χ2v) is 5.16. The van der Waals surface area contributed by atoms with Gasteiger partial charge in [0.1, 0.15) is 37.4 Å². The van der Waals surface area contributed by atoms with E-state index in [4.69, 9.17) is 18.9 Å². The number of carbonyl (C=O) groups is 1. The van der Waals surface area contributed by atoms with Crippen LogP contribution in [-0.2, 0) is 14.3 Å². The van der Waals surface area contributed by atoms with E-state index in [-0.39, 0.29) is 12.7 Å². The molecule has 3 rings (SSSR count). The van der Waals surface area contributed by atoms with E-state index < -0.39 is 5.97 Å². The maximum absolute atomic E-state index is 10.9. The molecule has 23 heavy (non-hydrogen) atoms. The molecule has 0 saturated carbocycles. The predicted octanol–water partition coefficient (Wildman–Crippen LogP) is 2.73. The molecular formula is C18H18O5. The average molecular weight is 314 g/mol. The Morgan fingerprint density at radius 2 is 1.78 bits per heavy atom. The van der Waals surface area contributed by atoms with Crippen molar-refractivity contribution in [2.45, 2.75) is 6.10 Å². The predicted molar refractivity (Wildman–Crippen MR) is 85.8 cm³/mol. The third-order valence-electron chi connectivity index (χ3n) is 3.38. The van der Waals surface area contributed by atoms with Gasteiger partial charge in [-0.1, -0.05) is 18.7 Å². The minimum Gasteiger partial charge on any atom is -0.491 e. The molecule has 1 unspecified atom stereocenters. The van der Waals surface area contributed by atoms with Gasteiger partial charge >= 0.3 is 5.97 Å². The van der Waals surface area contributed by atoms with Crippen molar-refractivity contribution in [1.29, 1.82) is 0 Å². The van der Waals surface area contributed by atoms with E-state index in [2.05, 4.69) is 6.58 Å². The van der Waals surface area contributed by atoms with E-state index in [0.29, 0.717) is 13.2 Å². The standard InChI is InChI=1S/C18H18O5/c1-2-18(19)21-8-7-20-15-5-3-14-10-16(6-4-13(14)9-15)22-11-17-12-23-17/h2-6,9-10,17H,1,7-8,11-12H2. The summed E-state index contributed by atoms with van der Waals surface area (Å²) in [5.74, 6) is 1.11. The Labute approximate surface area is 134 Å². The molecule has 1 fully saturated rings. The van der Waals surface area contributed by atoms with Gasteiger partial charge in [-0.15, -0.1) is 0 Å². The summed E-state index contributed by atoms with van der Waals surface area (Å²) >= 11 is 0. The summed E-state index contributed by atoms with van der Waals surface area (Å²) in [6, 6.07) is 11.7. The molecule has 2 aromatic carbocycles. The van der Waals surface area contributed by atoms with E-state index in [1.807, 2.05) is 36.4 Å². The summed E-state index contributed by atoms with van der Waals surface area (Å²) < 4.78 is 21.2. The number of esters is 1. The highest BCUT2D eigenvalue weighted by molar-refractivity contribution is 5.85. The quantitative estimate of drug-likeness (QED) is 0.324. The normalized spacial score (nSPS) is 15.9. The van der Waals surface area contributed by atoms with Crippen LogP contribution >= 0.6 is 0 Å². The molecule has 1 aliphatic heterocycles. The number of benzene rings is 2. The van der Waals surface area contributed by atoms with Crippen LogP contribution < -0.4 is 9.47 Å². The Hall–Kier alpha value is -2.53. The van der Waals surface area contributed by atoms with Crippen LogP contribution in [0.25, 0.3) is 10.8 Å². The van der Waals surface area contributed by atoms with Crippen LogP contribution in [0.2, 0.25) is 0 Å². The second-order valence-electron chi connectivity index (χ2n) is 5.16. The number of ether oxygens (including phenoxy) is 4. The molecule has 120 valence electrons. The van der Waals surface area contributed by atoms with Gasteiger partial charge in [-0.25, -0.2) is 4.79 Å². The van der Waals surface area contributed by atoms with Gasteiger partial charge in [0.15, 0.2) is 0 Å². The Bertz CT molecular complexity index is 706. The first kappa shape index (κ1) is 15.4. The molecule has 1 saturated heterocycles. The highest BCUT2D eigenvalue weighted by Gasteiger charge is 2.23. The fraction of sp³-hybridized carbons (Fsp3) is 0.278. The smallest absolute Gasteiger partial charge is 0.330 e. The minimum atomic E-state index is -0.448. The zero-order valence-electron chi connectivity index (χ0n) is 12.7. The topological polar surface area (TPSA) is 57.3 Å². The lowest BCUT2D eigenvalue weighted by molar-refractivity contribution is -0.138. The highest BCUT2D eigenvalue weighted by atomic mass is 16.6. The molecule has 0 N–H and O–H groups in total. The van der Waals surface area contributed by atoms with Crippen molar-refractivity contribution < 1.29 is 23.7 Å². The number of carbonyl (C=O) groups excluding carboxylic acids is 1. The molecule has 0 radical (unpaired) electrons. The van der Waals surface area contributed by atoms with Crippen molar-refractivity contribution in [3.63, 3.8) is 0 Å². The average Bonchev–Trinajstić information content (AvgIpc) is 3.40. The maximum atomic E-state index is 10.9. The zero-order valence-corrected chi connectivity index (χ0v) is 12.7. The zero-order chi connectivity index (χ0) is 16.1. The van der Waals surface area contributed by atoms with E-state index >= 15 is 0 Å². The van der Waals surface area contributed by atoms with Crippen molar-refractivity contribution in [3.05, 3.63) is 49.1 Å². The SMILES string of the molecule is C=CC(=O)OCCOc1ccc2cc(OCC3CO3)ccc2c1. The molecule has 5 nitrogen and oxygen atoms in total. The van der Waals surface area contributed by atoms with Gasteiger partial charge < -0.3 is 18.9 Å². The van der Waals surface area contributed by atoms with E-state index in [1.54, 1.807) is 0 Å². The molecule has 0 aromatic heterocycles. The Morgan fingerprint density at radius 1 is 1.13 bits per heavy atom. The van der Waals surface area contributed by atoms with Crippen LogP contribution in [0.15, 0.2) is 49.1 Å². The van der Waals surface area contributed by atoms with Crippen LogP contribution in [0.5, 0.6) is 11.5 Å². The van der Waals surface area contributed by atoms with E-state index in [1.165, 1.54) is 0 Å². The van der Waals surface area contributed by atoms with Crippen LogP contribution in [-0.4, -0.2) is 38.5 Å². The lowest BCUT2D eigenvalue weighted by Crippen LogP contribution is -2.10. The third-order valence-corrected chi connectivity index (χ3v) is 3.38. The van der Waals surface area contributed by atoms with Gasteiger partial charge in [0.05, 0.1) is 6.61 Å².